The molecule has 0 bridgehead atoms. The first-order chi connectivity index (χ1) is 15.6. The summed E-state index contributed by atoms with van der Waals surface area (Å²) in [5.74, 6) is 0.552. The zero-order valence-electron chi connectivity index (χ0n) is 18.6. The molecule has 0 N–H and O–H groups in total. The van der Waals surface area contributed by atoms with Crippen molar-refractivity contribution in [3.8, 4) is 11.3 Å². The van der Waals surface area contributed by atoms with Crippen molar-refractivity contribution in [3.05, 3.63) is 90.0 Å². The van der Waals surface area contributed by atoms with Crippen molar-refractivity contribution in [3.63, 3.8) is 0 Å². The average molecular weight is 416 g/mol. The van der Waals surface area contributed by atoms with Gasteiger partial charge in [-0.1, -0.05) is 62.4 Å². The monoisotopic (exact) mass is 415 g/mol. The number of pyridine rings is 1. The third kappa shape index (κ3) is 2.98. The normalized spacial score (nSPS) is 12.0. The van der Waals surface area contributed by atoms with Gasteiger partial charge in [-0.25, -0.2) is 4.98 Å². The smallest absolute Gasteiger partial charge is 0.144 e. The van der Waals surface area contributed by atoms with Crippen LogP contribution >= 0.6 is 0 Å². The Balaban J connectivity index is 1.70. The van der Waals surface area contributed by atoms with Crippen molar-refractivity contribution in [2.75, 3.05) is 0 Å². The summed E-state index contributed by atoms with van der Waals surface area (Å²) in [5, 5.41) is 6.12. The fourth-order valence-corrected chi connectivity index (χ4v) is 4.99. The van der Waals surface area contributed by atoms with Gasteiger partial charge in [0.05, 0.1) is 11.2 Å². The third-order valence-electron chi connectivity index (χ3n) is 6.31. The predicted octanol–water partition coefficient (Wildman–Crippen LogP) is 8.46. The van der Waals surface area contributed by atoms with E-state index in [-0.39, 0.29) is 0 Å². The summed E-state index contributed by atoms with van der Waals surface area (Å²) in [6, 6.07) is 27.9. The molecule has 0 aliphatic carbocycles. The number of aryl methyl sites for hydroxylation is 1. The molecular weight excluding hydrogens is 390 g/mol. The summed E-state index contributed by atoms with van der Waals surface area (Å²) in [6.45, 7) is 6.71. The molecule has 0 amide bonds. The van der Waals surface area contributed by atoms with Crippen LogP contribution in [0.1, 0.15) is 25.0 Å². The fraction of sp³-hybridized carbons (Fsp3) is 0.167. The van der Waals surface area contributed by atoms with Crippen molar-refractivity contribution in [2.45, 2.75) is 27.2 Å². The summed E-state index contributed by atoms with van der Waals surface area (Å²) in [4.78, 5) is 5.16. The number of furan rings is 1. The molecule has 2 heteroatoms. The minimum Gasteiger partial charge on any atom is -0.455 e. The van der Waals surface area contributed by atoms with Crippen molar-refractivity contribution >= 4 is 43.6 Å². The Bertz CT molecular complexity index is 1640. The molecule has 2 heterocycles. The van der Waals surface area contributed by atoms with Gasteiger partial charge in [-0.3, -0.25) is 0 Å². The molecule has 2 nitrogen and oxygen atoms in total. The van der Waals surface area contributed by atoms with E-state index in [0.717, 1.165) is 45.1 Å². The standard InChI is InChI=1S/C30H25NO/c1-18(2)14-21-17-27(31-26-13-12-20-8-4-5-9-22(20)29(21)26)25-16-19(3)15-24-23-10-6-7-11-28(23)32-30(24)25/h4-13,15-18H,14H2,1-3H3. The number of benzene rings is 4. The first-order valence-electron chi connectivity index (χ1n) is 11.3. The molecule has 0 saturated heterocycles. The van der Waals surface area contributed by atoms with E-state index in [1.165, 1.54) is 27.3 Å². The summed E-state index contributed by atoms with van der Waals surface area (Å²) >= 11 is 0. The predicted molar refractivity (Wildman–Crippen MR) is 135 cm³/mol. The van der Waals surface area contributed by atoms with Crippen LogP contribution < -0.4 is 0 Å². The Morgan fingerprint density at radius 2 is 1.59 bits per heavy atom. The van der Waals surface area contributed by atoms with E-state index in [9.17, 15) is 0 Å². The summed E-state index contributed by atoms with van der Waals surface area (Å²) in [5.41, 5.74) is 7.49. The molecule has 0 saturated carbocycles. The maximum Gasteiger partial charge on any atom is 0.144 e. The van der Waals surface area contributed by atoms with Crippen LogP contribution in [-0.4, -0.2) is 4.98 Å². The minimum atomic E-state index is 0.552. The number of rotatable bonds is 3. The number of fused-ring (bicyclic) bond motifs is 6. The first kappa shape index (κ1) is 19.1. The number of aromatic nitrogens is 1. The summed E-state index contributed by atoms with van der Waals surface area (Å²) in [6.07, 6.45) is 1.01. The quantitative estimate of drug-likeness (QED) is 0.271. The molecule has 0 atom stereocenters. The van der Waals surface area contributed by atoms with Crippen LogP contribution in [0, 0.1) is 12.8 Å². The van der Waals surface area contributed by atoms with E-state index in [4.69, 9.17) is 9.40 Å². The number of para-hydroxylation sites is 1. The van der Waals surface area contributed by atoms with Crippen molar-refractivity contribution in [1.29, 1.82) is 0 Å². The molecule has 0 radical (unpaired) electrons. The highest BCUT2D eigenvalue weighted by Gasteiger charge is 2.17. The maximum absolute atomic E-state index is 6.36. The molecule has 6 aromatic rings. The molecule has 2 aromatic heterocycles. The lowest BCUT2D eigenvalue weighted by atomic mass is 9.93. The molecule has 0 aliphatic heterocycles. The van der Waals surface area contributed by atoms with Gasteiger partial charge in [0.15, 0.2) is 0 Å². The zero-order valence-corrected chi connectivity index (χ0v) is 18.6. The van der Waals surface area contributed by atoms with Crippen molar-refractivity contribution in [1.82, 2.24) is 4.98 Å². The van der Waals surface area contributed by atoms with Gasteiger partial charge in [-0.15, -0.1) is 0 Å². The van der Waals surface area contributed by atoms with Crippen molar-refractivity contribution < 1.29 is 4.42 Å². The highest BCUT2D eigenvalue weighted by Crippen LogP contribution is 2.38. The van der Waals surface area contributed by atoms with E-state index in [1.807, 2.05) is 12.1 Å². The maximum atomic E-state index is 6.36. The van der Waals surface area contributed by atoms with E-state index < -0.39 is 0 Å². The Kier molecular flexibility index (Phi) is 4.29. The van der Waals surface area contributed by atoms with E-state index in [2.05, 4.69) is 87.5 Å². The lowest BCUT2D eigenvalue weighted by molar-refractivity contribution is 0.650. The van der Waals surface area contributed by atoms with Crippen LogP contribution in [0.5, 0.6) is 0 Å². The van der Waals surface area contributed by atoms with E-state index in [0.29, 0.717) is 5.92 Å². The lowest BCUT2D eigenvalue weighted by Crippen LogP contribution is -1.99. The number of nitrogens with zero attached hydrogens (tertiary/aromatic N) is 1. The molecular formula is C30H25NO. The fourth-order valence-electron chi connectivity index (χ4n) is 4.99. The van der Waals surface area contributed by atoms with Crippen LogP contribution in [0.3, 0.4) is 0 Å². The molecule has 0 unspecified atom stereocenters. The van der Waals surface area contributed by atoms with Crippen LogP contribution in [0.25, 0.3) is 54.9 Å². The van der Waals surface area contributed by atoms with Gasteiger partial charge in [0, 0.05) is 21.7 Å². The van der Waals surface area contributed by atoms with Crippen molar-refractivity contribution in [2.24, 2.45) is 5.92 Å². The van der Waals surface area contributed by atoms with Crippen LogP contribution in [-0.2, 0) is 6.42 Å². The molecule has 0 fully saturated rings. The minimum absolute atomic E-state index is 0.552. The zero-order chi connectivity index (χ0) is 21.8. The third-order valence-corrected chi connectivity index (χ3v) is 6.31. The summed E-state index contributed by atoms with van der Waals surface area (Å²) in [7, 11) is 0. The molecule has 4 aromatic carbocycles. The van der Waals surface area contributed by atoms with Gasteiger partial charge in [0.1, 0.15) is 11.2 Å². The second kappa shape index (κ2) is 7.20. The number of hydrogen-bond acceptors (Lipinski definition) is 2. The Morgan fingerprint density at radius 3 is 2.44 bits per heavy atom. The Hall–Kier alpha value is -3.65. The SMILES string of the molecule is Cc1cc(-c2cc(CC(C)C)c3c(ccc4ccccc43)n2)c2oc3ccccc3c2c1. The molecule has 156 valence electrons. The summed E-state index contributed by atoms with van der Waals surface area (Å²) < 4.78 is 6.36. The molecule has 32 heavy (non-hydrogen) atoms. The van der Waals surface area contributed by atoms with E-state index >= 15 is 0 Å². The van der Waals surface area contributed by atoms with Crippen LogP contribution in [0.4, 0.5) is 0 Å². The Morgan fingerprint density at radius 1 is 0.812 bits per heavy atom. The second-order valence-corrected chi connectivity index (χ2v) is 9.23. The van der Waals surface area contributed by atoms with Gasteiger partial charge in [0.25, 0.3) is 0 Å². The highest BCUT2D eigenvalue weighted by molar-refractivity contribution is 6.11. The van der Waals surface area contributed by atoms with Crippen LogP contribution in [0.15, 0.2) is 83.3 Å². The highest BCUT2D eigenvalue weighted by atomic mass is 16.3. The molecule has 0 aliphatic rings. The molecule has 0 spiro atoms. The van der Waals surface area contributed by atoms with Gasteiger partial charge < -0.3 is 4.42 Å². The lowest BCUT2D eigenvalue weighted by Gasteiger charge is -2.14. The van der Waals surface area contributed by atoms with E-state index in [1.54, 1.807) is 0 Å². The Labute approximate surface area is 187 Å². The second-order valence-electron chi connectivity index (χ2n) is 9.23. The van der Waals surface area contributed by atoms with Gasteiger partial charge in [-0.05, 0) is 71.5 Å². The topological polar surface area (TPSA) is 26.0 Å². The van der Waals surface area contributed by atoms with Gasteiger partial charge >= 0.3 is 0 Å². The van der Waals surface area contributed by atoms with Gasteiger partial charge in [0.2, 0.25) is 0 Å². The number of hydrogen-bond donors (Lipinski definition) is 0. The van der Waals surface area contributed by atoms with Gasteiger partial charge in [-0.2, -0.15) is 0 Å². The largest absolute Gasteiger partial charge is 0.455 e. The average Bonchev–Trinajstić information content (AvgIpc) is 3.16. The first-order valence-corrected chi connectivity index (χ1v) is 11.3. The molecule has 6 rings (SSSR count). The van der Waals surface area contributed by atoms with Crippen LogP contribution in [0.2, 0.25) is 0 Å².